The van der Waals surface area contributed by atoms with Crippen LogP contribution in [0.25, 0.3) is 22.6 Å². The molecule has 0 saturated carbocycles. The molecule has 0 spiro atoms. The lowest BCUT2D eigenvalue weighted by atomic mass is 9.98. The number of carbonyl (C=O) groups is 1. The number of rotatable bonds is 7. The minimum Gasteiger partial charge on any atom is -0.488 e. The van der Waals surface area contributed by atoms with Gasteiger partial charge in [-0.2, -0.15) is 4.98 Å². The Bertz CT molecular complexity index is 1770. The molecule has 1 atom stereocenters. The van der Waals surface area contributed by atoms with Crippen LogP contribution in [0.15, 0.2) is 89.6 Å². The number of pyridine rings is 1. The largest absolute Gasteiger partial charge is 0.488 e. The summed E-state index contributed by atoms with van der Waals surface area (Å²) in [6, 6.07) is 25.9. The summed E-state index contributed by atoms with van der Waals surface area (Å²) in [5.74, 6) is 4.28. The average molecular weight is 574 g/mol. The molecule has 1 saturated heterocycles. The van der Waals surface area contributed by atoms with E-state index in [1.54, 1.807) is 6.92 Å². The van der Waals surface area contributed by atoms with Gasteiger partial charge in [-0.3, -0.25) is 4.79 Å². The number of fused-ring (bicyclic) bond motifs is 1. The number of hydrogen-bond acceptors (Lipinski definition) is 8. The van der Waals surface area contributed by atoms with Gasteiger partial charge in [0.15, 0.2) is 17.4 Å². The van der Waals surface area contributed by atoms with Crippen LogP contribution in [0.5, 0.6) is 17.2 Å². The number of nitrogens with zero attached hydrogens (tertiary/aromatic N) is 5. The van der Waals surface area contributed by atoms with Gasteiger partial charge in [0, 0.05) is 55.4 Å². The summed E-state index contributed by atoms with van der Waals surface area (Å²) in [7, 11) is 2.02. The van der Waals surface area contributed by atoms with Gasteiger partial charge in [-0.1, -0.05) is 47.6 Å². The van der Waals surface area contributed by atoms with E-state index in [1.807, 2.05) is 84.9 Å². The number of aryl methyl sites for hydroxylation is 1. The number of aromatic nitrogens is 3. The monoisotopic (exact) mass is 573 g/mol. The van der Waals surface area contributed by atoms with E-state index in [2.05, 4.69) is 32.2 Å². The maximum Gasteiger partial charge on any atom is 0.257 e. The fourth-order valence-electron chi connectivity index (χ4n) is 5.63. The van der Waals surface area contributed by atoms with Gasteiger partial charge in [-0.25, -0.2) is 4.98 Å². The number of benzene rings is 3. The topological polar surface area (TPSA) is 93.8 Å². The SMILES string of the molecule is Cc1noc(-c2ccc(Oc3cc(-c4cnc5c(c4)OCCN5C)ccc3CN3C[C@H](c4ccccc4)CC3=O)cc2)n1. The van der Waals surface area contributed by atoms with Crippen LogP contribution in [0, 0.1) is 6.92 Å². The number of carbonyl (C=O) groups excluding carboxylic acids is 1. The molecule has 7 rings (SSSR count). The Morgan fingerprint density at radius 1 is 0.977 bits per heavy atom. The van der Waals surface area contributed by atoms with E-state index in [-0.39, 0.29) is 11.8 Å². The highest BCUT2D eigenvalue weighted by atomic mass is 16.5. The summed E-state index contributed by atoms with van der Waals surface area (Å²) in [4.78, 5) is 26.1. The third-order valence-corrected chi connectivity index (χ3v) is 7.98. The molecular weight excluding hydrogens is 542 g/mol. The number of likely N-dealkylation sites (tertiary alicyclic amines) is 1. The zero-order valence-corrected chi connectivity index (χ0v) is 24.1. The van der Waals surface area contributed by atoms with Crippen LogP contribution >= 0.6 is 0 Å². The second-order valence-electron chi connectivity index (χ2n) is 11.0. The highest BCUT2D eigenvalue weighted by Gasteiger charge is 2.31. The van der Waals surface area contributed by atoms with Gasteiger partial charge in [0.05, 0.1) is 6.54 Å². The molecule has 3 aromatic carbocycles. The summed E-state index contributed by atoms with van der Waals surface area (Å²) in [5.41, 5.74) is 4.79. The normalized spacial score (nSPS) is 16.2. The Balaban J connectivity index is 1.19. The molecule has 1 fully saturated rings. The molecule has 2 aliphatic heterocycles. The van der Waals surface area contributed by atoms with Crippen molar-refractivity contribution in [1.29, 1.82) is 0 Å². The number of likely N-dealkylation sites (N-methyl/N-ethyl adjacent to an activating group) is 1. The van der Waals surface area contributed by atoms with Crippen molar-refractivity contribution in [3.8, 4) is 39.8 Å². The standard InChI is InChI=1S/C34H31N5O4/c1-22-36-34(43-37-22)24-10-12-29(13-11-24)42-30-16-25(27-17-31-33(35-19-27)38(2)14-15-41-31)8-9-26(30)20-39-21-28(18-32(39)40)23-6-4-3-5-7-23/h3-13,16-17,19,28H,14-15,18,20-21H2,1-2H3/t28-/m1/s1. The maximum atomic E-state index is 13.1. The molecule has 0 radical (unpaired) electrons. The number of hydrogen-bond donors (Lipinski definition) is 0. The van der Waals surface area contributed by atoms with Crippen molar-refractivity contribution >= 4 is 11.7 Å². The molecule has 0 aliphatic carbocycles. The smallest absolute Gasteiger partial charge is 0.257 e. The van der Waals surface area contributed by atoms with Crippen LogP contribution in [-0.4, -0.2) is 52.7 Å². The second kappa shape index (κ2) is 11.2. The zero-order valence-electron chi connectivity index (χ0n) is 24.1. The van der Waals surface area contributed by atoms with Gasteiger partial charge in [0.1, 0.15) is 18.1 Å². The van der Waals surface area contributed by atoms with Crippen molar-refractivity contribution in [2.24, 2.45) is 0 Å². The van der Waals surface area contributed by atoms with Gasteiger partial charge >= 0.3 is 0 Å². The summed E-state index contributed by atoms with van der Waals surface area (Å²) in [6.07, 6.45) is 2.36. The molecule has 5 aromatic rings. The Morgan fingerprint density at radius 3 is 2.58 bits per heavy atom. The molecule has 2 aliphatic rings. The van der Waals surface area contributed by atoms with Crippen LogP contribution in [0.2, 0.25) is 0 Å². The quantitative estimate of drug-likeness (QED) is 0.226. The molecule has 1 amide bonds. The summed E-state index contributed by atoms with van der Waals surface area (Å²) >= 11 is 0. The lowest BCUT2D eigenvalue weighted by molar-refractivity contribution is -0.128. The number of ether oxygens (including phenoxy) is 2. The molecule has 0 bridgehead atoms. The Hall–Kier alpha value is -5.18. The van der Waals surface area contributed by atoms with Crippen LogP contribution in [0.4, 0.5) is 5.82 Å². The predicted molar refractivity (Wildman–Crippen MR) is 162 cm³/mol. The van der Waals surface area contributed by atoms with Crippen molar-refractivity contribution in [2.45, 2.75) is 25.8 Å². The number of amides is 1. The van der Waals surface area contributed by atoms with E-state index in [4.69, 9.17) is 14.0 Å². The maximum absolute atomic E-state index is 13.1. The minimum absolute atomic E-state index is 0.142. The van der Waals surface area contributed by atoms with Gasteiger partial charge in [0.25, 0.3) is 5.89 Å². The van der Waals surface area contributed by atoms with Gasteiger partial charge in [-0.15, -0.1) is 0 Å². The second-order valence-corrected chi connectivity index (χ2v) is 11.0. The Kier molecular flexibility index (Phi) is 6.98. The fraction of sp³-hybridized carbons (Fsp3) is 0.235. The van der Waals surface area contributed by atoms with E-state index in [9.17, 15) is 4.79 Å². The van der Waals surface area contributed by atoms with Gasteiger partial charge < -0.3 is 23.8 Å². The Morgan fingerprint density at radius 2 is 1.79 bits per heavy atom. The molecule has 216 valence electrons. The lowest BCUT2D eigenvalue weighted by Gasteiger charge is -2.26. The third kappa shape index (κ3) is 5.53. The highest BCUT2D eigenvalue weighted by Crippen LogP contribution is 2.37. The molecule has 9 nitrogen and oxygen atoms in total. The first-order valence-corrected chi connectivity index (χ1v) is 14.4. The van der Waals surface area contributed by atoms with Crippen LogP contribution < -0.4 is 14.4 Å². The van der Waals surface area contributed by atoms with E-state index < -0.39 is 0 Å². The summed E-state index contributed by atoms with van der Waals surface area (Å²) in [5, 5.41) is 3.88. The van der Waals surface area contributed by atoms with Crippen molar-refractivity contribution < 1.29 is 18.8 Å². The van der Waals surface area contributed by atoms with E-state index in [1.165, 1.54) is 5.56 Å². The zero-order chi connectivity index (χ0) is 29.3. The van der Waals surface area contributed by atoms with E-state index in [0.717, 1.165) is 40.4 Å². The molecular formula is C34H31N5O4. The van der Waals surface area contributed by atoms with E-state index >= 15 is 0 Å². The first kappa shape index (κ1) is 26.7. The first-order chi connectivity index (χ1) is 21.0. The molecule has 9 heteroatoms. The highest BCUT2D eigenvalue weighted by molar-refractivity contribution is 5.80. The Labute approximate surface area is 249 Å². The molecule has 43 heavy (non-hydrogen) atoms. The summed E-state index contributed by atoms with van der Waals surface area (Å²) < 4.78 is 17.7. The fourth-order valence-corrected chi connectivity index (χ4v) is 5.63. The molecule has 0 N–H and O–H groups in total. The van der Waals surface area contributed by atoms with Crippen molar-refractivity contribution in [2.75, 3.05) is 31.6 Å². The molecule has 4 heterocycles. The van der Waals surface area contributed by atoms with Crippen LogP contribution in [0.3, 0.4) is 0 Å². The van der Waals surface area contributed by atoms with Gasteiger partial charge in [-0.05, 0) is 54.4 Å². The summed E-state index contributed by atoms with van der Waals surface area (Å²) in [6.45, 7) is 4.33. The van der Waals surface area contributed by atoms with Crippen molar-refractivity contribution in [3.05, 3.63) is 102 Å². The number of anilines is 1. The lowest BCUT2D eigenvalue weighted by Crippen LogP contribution is -2.29. The van der Waals surface area contributed by atoms with Crippen LogP contribution in [-0.2, 0) is 11.3 Å². The van der Waals surface area contributed by atoms with Crippen molar-refractivity contribution in [1.82, 2.24) is 20.0 Å². The van der Waals surface area contributed by atoms with Crippen LogP contribution in [0.1, 0.15) is 29.3 Å². The van der Waals surface area contributed by atoms with E-state index in [0.29, 0.717) is 49.3 Å². The van der Waals surface area contributed by atoms with Crippen molar-refractivity contribution in [3.63, 3.8) is 0 Å². The molecule has 2 aromatic heterocycles. The first-order valence-electron chi connectivity index (χ1n) is 14.4. The average Bonchev–Trinajstić information content (AvgIpc) is 3.64. The third-order valence-electron chi connectivity index (χ3n) is 7.98. The predicted octanol–water partition coefficient (Wildman–Crippen LogP) is 6.24. The minimum atomic E-state index is 0.142. The van der Waals surface area contributed by atoms with Gasteiger partial charge in [0.2, 0.25) is 5.91 Å². The molecule has 0 unspecified atom stereocenters.